The number of benzene rings is 3. The number of aryl methyl sites for hydroxylation is 1. The van der Waals surface area contributed by atoms with Crippen molar-refractivity contribution in [2.75, 3.05) is 0 Å². The Morgan fingerprint density at radius 3 is 2.04 bits per heavy atom. The molecule has 3 nitrogen and oxygen atoms in total. The number of ether oxygens (including phenoxy) is 1. The molecule has 4 rings (SSSR count). The molecule has 0 radical (unpaired) electrons. The largest absolute Gasteiger partial charge is 0.473 e. The highest BCUT2D eigenvalue weighted by Crippen LogP contribution is 2.28. The van der Waals surface area contributed by atoms with Gasteiger partial charge >= 0.3 is 5.63 Å². The Kier molecular flexibility index (Phi) is 4.28. The zero-order valence-corrected chi connectivity index (χ0v) is 14.4. The van der Waals surface area contributed by atoms with Crippen LogP contribution in [0, 0.1) is 6.92 Å². The fourth-order valence-corrected chi connectivity index (χ4v) is 3.06. The Morgan fingerprint density at radius 1 is 0.808 bits per heavy atom. The zero-order valence-electron chi connectivity index (χ0n) is 14.4. The maximum Gasteiger partial charge on any atom is 0.379 e. The summed E-state index contributed by atoms with van der Waals surface area (Å²) in [6.07, 6.45) is -0.387. The summed E-state index contributed by atoms with van der Waals surface area (Å²) in [4.78, 5) is 12.5. The second-order valence-corrected chi connectivity index (χ2v) is 6.21. The number of para-hydroxylation sites is 1. The monoisotopic (exact) mass is 342 g/mol. The summed E-state index contributed by atoms with van der Waals surface area (Å²) in [5, 5.41) is 0.847. The number of hydrogen-bond acceptors (Lipinski definition) is 3. The van der Waals surface area contributed by atoms with Crippen molar-refractivity contribution in [3.63, 3.8) is 0 Å². The third-order valence-electron chi connectivity index (χ3n) is 4.37. The van der Waals surface area contributed by atoms with Crippen LogP contribution in [0.2, 0.25) is 0 Å². The van der Waals surface area contributed by atoms with Gasteiger partial charge in [-0.2, -0.15) is 0 Å². The average Bonchev–Trinajstić information content (AvgIpc) is 2.68. The standard InChI is InChI=1S/C23H18O3/c1-16-9-8-14-19-15-20(23(24)26-21(16)19)25-22(17-10-4-2-5-11-17)18-12-6-3-7-13-18/h2-15,22H,1H3. The summed E-state index contributed by atoms with van der Waals surface area (Å²) >= 11 is 0. The Balaban J connectivity index is 1.80. The SMILES string of the molecule is Cc1cccc2cc(OC(c3ccccc3)c3ccccc3)c(=O)oc12. The van der Waals surface area contributed by atoms with Gasteiger partial charge in [-0.05, 0) is 29.7 Å². The number of rotatable bonds is 4. The molecule has 0 spiro atoms. The fraction of sp³-hybridized carbons (Fsp3) is 0.0870. The molecule has 1 heterocycles. The van der Waals surface area contributed by atoms with Crippen molar-refractivity contribution < 1.29 is 9.15 Å². The Hall–Kier alpha value is -3.33. The molecule has 0 saturated heterocycles. The van der Waals surface area contributed by atoms with E-state index in [2.05, 4.69) is 0 Å². The first kappa shape index (κ1) is 16.2. The van der Waals surface area contributed by atoms with Gasteiger partial charge in [-0.15, -0.1) is 0 Å². The molecule has 1 aromatic heterocycles. The van der Waals surface area contributed by atoms with Gasteiger partial charge in [-0.25, -0.2) is 4.79 Å². The van der Waals surface area contributed by atoms with Crippen molar-refractivity contribution in [1.82, 2.24) is 0 Å². The molecular weight excluding hydrogens is 324 g/mol. The fourth-order valence-electron chi connectivity index (χ4n) is 3.06. The van der Waals surface area contributed by atoms with E-state index in [9.17, 15) is 4.79 Å². The van der Waals surface area contributed by atoms with Gasteiger partial charge in [0.25, 0.3) is 0 Å². The van der Waals surface area contributed by atoms with Gasteiger partial charge in [-0.3, -0.25) is 0 Å². The van der Waals surface area contributed by atoms with Crippen molar-refractivity contribution in [1.29, 1.82) is 0 Å². The van der Waals surface area contributed by atoms with E-state index in [-0.39, 0.29) is 11.9 Å². The molecule has 0 amide bonds. The summed E-state index contributed by atoms with van der Waals surface area (Å²) in [6, 6.07) is 27.2. The zero-order chi connectivity index (χ0) is 17.9. The second kappa shape index (κ2) is 6.89. The van der Waals surface area contributed by atoms with E-state index >= 15 is 0 Å². The number of fused-ring (bicyclic) bond motifs is 1. The molecule has 0 atom stereocenters. The van der Waals surface area contributed by atoms with E-state index in [1.54, 1.807) is 6.07 Å². The van der Waals surface area contributed by atoms with Crippen LogP contribution in [-0.2, 0) is 0 Å². The molecular formula is C23H18O3. The van der Waals surface area contributed by atoms with Crippen LogP contribution in [0.3, 0.4) is 0 Å². The first-order valence-electron chi connectivity index (χ1n) is 8.52. The molecule has 0 fully saturated rings. The highest BCUT2D eigenvalue weighted by Gasteiger charge is 2.18. The molecule has 3 heteroatoms. The van der Waals surface area contributed by atoms with E-state index in [0.717, 1.165) is 22.1 Å². The first-order valence-corrected chi connectivity index (χ1v) is 8.52. The van der Waals surface area contributed by atoms with Gasteiger partial charge in [0, 0.05) is 5.39 Å². The maximum absolute atomic E-state index is 12.5. The summed E-state index contributed by atoms with van der Waals surface area (Å²) < 4.78 is 11.7. The molecule has 0 aliphatic rings. The van der Waals surface area contributed by atoms with Gasteiger partial charge in [0.2, 0.25) is 5.75 Å². The molecule has 128 valence electrons. The third kappa shape index (κ3) is 3.11. The van der Waals surface area contributed by atoms with Crippen molar-refractivity contribution in [2.24, 2.45) is 0 Å². The van der Waals surface area contributed by atoms with Crippen molar-refractivity contribution in [3.8, 4) is 5.75 Å². The van der Waals surface area contributed by atoms with Gasteiger partial charge in [0.05, 0.1) is 0 Å². The van der Waals surface area contributed by atoms with Crippen LogP contribution in [0.5, 0.6) is 5.75 Å². The predicted molar refractivity (Wildman–Crippen MR) is 103 cm³/mol. The quantitative estimate of drug-likeness (QED) is 0.474. The minimum Gasteiger partial charge on any atom is -0.473 e. The van der Waals surface area contributed by atoms with Gasteiger partial charge in [-0.1, -0.05) is 78.9 Å². The van der Waals surface area contributed by atoms with E-state index in [0.29, 0.717) is 5.58 Å². The molecule has 0 saturated carbocycles. The molecule has 26 heavy (non-hydrogen) atoms. The summed E-state index contributed by atoms with van der Waals surface area (Å²) in [7, 11) is 0. The summed E-state index contributed by atoms with van der Waals surface area (Å²) in [6.45, 7) is 1.92. The molecule has 0 bridgehead atoms. The van der Waals surface area contributed by atoms with Crippen LogP contribution in [0.15, 0.2) is 94.1 Å². The normalized spacial score (nSPS) is 11.0. The highest BCUT2D eigenvalue weighted by molar-refractivity contribution is 5.80. The van der Waals surface area contributed by atoms with E-state index in [4.69, 9.17) is 9.15 Å². The summed E-state index contributed by atoms with van der Waals surface area (Å²) in [5.41, 5.74) is 3.00. The predicted octanol–water partition coefficient (Wildman–Crippen LogP) is 5.27. The van der Waals surface area contributed by atoms with Crippen molar-refractivity contribution in [3.05, 3.63) is 112 Å². The van der Waals surface area contributed by atoms with Crippen LogP contribution in [0.4, 0.5) is 0 Å². The lowest BCUT2D eigenvalue weighted by molar-refractivity contribution is 0.236. The molecule has 0 aliphatic carbocycles. The molecule has 0 N–H and O–H groups in total. The van der Waals surface area contributed by atoms with E-state index in [1.807, 2.05) is 85.8 Å². The molecule has 4 aromatic rings. The maximum atomic E-state index is 12.5. The van der Waals surface area contributed by atoms with Crippen molar-refractivity contribution >= 4 is 11.0 Å². The van der Waals surface area contributed by atoms with Gasteiger partial charge in [0.15, 0.2) is 0 Å². The Morgan fingerprint density at radius 2 is 1.42 bits per heavy atom. The summed E-state index contributed by atoms with van der Waals surface area (Å²) in [5.74, 6) is 0.209. The lowest BCUT2D eigenvalue weighted by Gasteiger charge is -2.19. The first-order chi connectivity index (χ1) is 12.7. The Bertz CT molecular complexity index is 1040. The molecule has 0 aliphatic heterocycles. The van der Waals surface area contributed by atoms with Crippen LogP contribution in [-0.4, -0.2) is 0 Å². The second-order valence-electron chi connectivity index (χ2n) is 6.21. The minimum atomic E-state index is -0.469. The Labute approximate surface area is 151 Å². The molecule has 3 aromatic carbocycles. The number of hydrogen-bond donors (Lipinski definition) is 0. The van der Waals surface area contributed by atoms with Crippen LogP contribution in [0.25, 0.3) is 11.0 Å². The van der Waals surface area contributed by atoms with E-state index < -0.39 is 5.63 Å². The lowest BCUT2D eigenvalue weighted by atomic mass is 10.0. The average molecular weight is 342 g/mol. The van der Waals surface area contributed by atoms with Crippen LogP contribution >= 0.6 is 0 Å². The van der Waals surface area contributed by atoms with Gasteiger partial charge < -0.3 is 9.15 Å². The molecule has 0 unspecified atom stereocenters. The highest BCUT2D eigenvalue weighted by atomic mass is 16.5. The van der Waals surface area contributed by atoms with Gasteiger partial charge in [0.1, 0.15) is 11.7 Å². The van der Waals surface area contributed by atoms with Crippen molar-refractivity contribution in [2.45, 2.75) is 13.0 Å². The minimum absolute atomic E-state index is 0.209. The van der Waals surface area contributed by atoms with Crippen LogP contribution < -0.4 is 10.4 Å². The van der Waals surface area contributed by atoms with E-state index in [1.165, 1.54) is 0 Å². The topological polar surface area (TPSA) is 39.4 Å². The lowest BCUT2D eigenvalue weighted by Crippen LogP contribution is -2.14. The van der Waals surface area contributed by atoms with Crippen LogP contribution in [0.1, 0.15) is 22.8 Å². The third-order valence-corrected chi connectivity index (χ3v) is 4.37. The smallest absolute Gasteiger partial charge is 0.379 e.